The first-order valence-electron chi connectivity index (χ1n) is 8.72. The van der Waals surface area contributed by atoms with Crippen LogP contribution in [0.1, 0.15) is 21.2 Å². The molecule has 6 heteroatoms. The number of nitrogens with zero attached hydrogens (tertiary/aromatic N) is 1. The summed E-state index contributed by atoms with van der Waals surface area (Å²) in [7, 11) is -3.26. The average molecular weight is 386 g/mol. The second-order valence-corrected chi connectivity index (χ2v) is 10.6. The Balaban J connectivity index is 1.48. The number of furan rings is 1. The number of hydrogen-bond acceptors (Lipinski definition) is 5. The van der Waals surface area contributed by atoms with E-state index >= 15 is 0 Å². The number of hydrogen-bond donors (Lipinski definition) is 0. The molecule has 0 spiro atoms. The molecule has 1 aromatic carbocycles. The summed E-state index contributed by atoms with van der Waals surface area (Å²) in [4.78, 5) is 5.38. The van der Waals surface area contributed by atoms with Gasteiger partial charge >= 0.3 is 0 Å². The molecule has 1 fully saturated rings. The van der Waals surface area contributed by atoms with Gasteiger partial charge in [0.2, 0.25) is 0 Å². The lowest BCUT2D eigenvalue weighted by atomic mass is 9.96. The number of sulfone groups is 1. The predicted molar refractivity (Wildman–Crippen MR) is 102 cm³/mol. The maximum absolute atomic E-state index is 13.0. The van der Waals surface area contributed by atoms with Gasteiger partial charge < -0.3 is 4.42 Å². The van der Waals surface area contributed by atoms with Crippen molar-refractivity contribution in [2.75, 3.05) is 13.1 Å². The summed E-state index contributed by atoms with van der Waals surface area (Å²) in [6.07, 6.45) is 1.64. The molecular weight excluding hydrogens is 366 g/mol. The average Bonchev–Trinajstić information content (AvgIpc) is 3.37. The molecule has 2 atom stereocenters. The van der Waals surface area contributed by atoms with Crippen LogP contribution in [0, 0.1) is 6.92 Å². The van der Waals surface area contributed by atoms with Crippen LogP contribution in [0.25, 0.3) is 11.3 Å². The third-order valence-corrected chi connectivity index (χ3v) is 8.68. The minimum Gasteiger partial charge on any atom is -0.464 e. The third-order valence-electron chi connectivity index (χ3n) is 5.44. The van der Waals surface area contributed by atoms with Gasteiger partial charge in [-0.25, -0.2) is 8.42 Å². The van der Waals surface area contributed by atoms with E-state index < -0.39 is 9.84 Å². The van der Waals surface area contributed by atoms with Crippen LogP contribution in [0.3, 0.4) is 0 Å². The Labute approximate surface area is 157 Å². The van der Waals surface area contributed by atoms with Crippen LogP contribution in [0.4, 0.5) is 0 Å². The lowest BCUT2D eigenvalue weighted by molar-refractivity contribution is 0.328. The Hall–Kier alpha value is -1.89. The quantitative estimate of drug-likeness (QED) is 0.682. The second kappa shape index (κ2) is 5.81. The van der Waals surface area contributed by atoms with Crippen molar-refractivity contribution in [2.45, 2.75) is 29.5 Å². The van der Waals surface area contributed by atoms with Gasteiger partial charge in [0.05, 0.1) is 16.4 Å². The van der Waals surface area contributed by atoms with Gasteiger partial charge in [0, 0.05) is 40.9 Å². The Kier molecular flexibility index (Phi) is 3.64. The molecule has 2 aliphatic heterocycles. The number of fused-ring (bicyclic) bond motifs is 3. The smallest absolute Gasteiger partial charge is 0.183 e. The van der Waals surface area contributed by atoms with E-state index in [0.29, 0.717) is 11.4 Å². The van der Waals surface area contributed by atoms with Crippen LogP contribution in [0.2, 0.25) is 0 Å². The molecule has 4 nitrogen and oxygen atoms in total. The highest BCUT2D eigenvalue weighted by molar-refractivity contribution is 7.92. The van der Waals surface area contributed by atoms with E-state index in [4.69, 9.17) is 4.42 Å². The summed E-state index contributed by atoms with van der Waals surface area (Å²) < 4.78 is 31.5. The molecular formula is C20H19NO3S2. The highest BCUT2D eigenvalue weighted by Crippen LogP contribution is 2.46. The van der Waals surface area contributed by atoms with Crippen LogP contribution in [0.5, 0.6) is 0 Å². The number of aryl methyl sites for hydroxylation is 1. The summed E-state index contributed by atoms with van der Waals surface area (Å²) in [6, 6.07) is 13.6. The standard InChI is InChI=1S/C20H19NO3S2/c1-13-4-6-15(25-13)10-21-11-17-16-9-14(18-3-2-8-24-18)5-7-19(16)26(22,23)20(17)12-21/h2-9,17,20H,10-12H2,1H3. The second-order valence-electron chi connectivity index (χ2n) is 7.13. The van der Waals surface area contributed by atoms with E-state index in [2.05, 4.69) is 24.0 Å². The normalized spacial score (nSPS) is 23.9. The lowest BCUT2D eigenvalue weighted by Gasteiger charge is -2.16. The van der Waals surface area contributed by atoms with Crippen molar-refractivity contribution in [3.05, 3.63) is 64.0 Å². The first-order valence-corrected chi connectivity index (χ1v) is 11.1. The van der Waals surface area contributed by atoms with Crippen molar-refractivity contribution in [1.29, 1.82) is 0 Å². The van der Waals surface area contributed by atoms with Gasteiger partial charge in [-0.05, 0) is 55.0 Å². The first-order chi connectivity index (χ1) is 12.5. The maximum atomic E-state index is 13.0. The van der Waals surface area contributed by atoms with Crippen molar-refractivity contribution in [3.63, 3.8) is 0 Å². The molecule has 5 rings (SSSR count). The first kappa shape index (κ1) is 16.3. The predicted octanol–water partition coefficient (Wildman–Crippen LogP) is 4.07. The highest BCUT2D eigenvalue weighted by Gasteiger charge is 2.50. The van der Waals surface area contributed by atoms with Crippen molar-refractivity contribution in [1.82, 2.24) is 4.90 Å². The van der Waals surface area contributed by atoms with Crippen LogP contribution >= 0.6 is 11.3 Å². The van der Waals surface area contributed by atoms with Gasteiger partial charge in [-0.1, -0.05) is 0 Å². The van der Waals surface area contributed by atoms with Crippen LogP contribution in [0.15, 0.2) is 58.0 Å². The largest absolute Gasteiger partial charge is 0.464 e. The fraction of sp³-hybridized carbons (Fsp3) is 0.300. The van der Waals surface area contributed by atoms with Crippen LogP contribution < -0.4 is 0 Å². The van der Waals surface area contributed by atoms with Crippen LogP contribution in [-0.4, -0.2) is 31.7 Å². The Morgan fingerprint density at radius 2 is 2.08 bits per heavy atom. The van der Waals surface area contributed by atoms with Crippen molar-refractivity contribution >= 4 is 21.2 Å². The van der Waals surface area contributed by atoms with E-state index in [-0.39, 0.29) is 11.2 Å². The fourth-order valence-corrected chi connectivity index (χ4v) is 7.37. The Morgan fingerprint density at radius 1 is 1.19 bits per heavy atom. The van der Waals surface area contributed by atoms with Crippen molar-refractivity contribution in [2.24, 2.45) is 0 Å². The molecule has 134 valence electrons. The molecule has 0 saturated carbocycles. The van der Waals surface area contributed by atoms with Crippen molar-refractivity contribution < 1.29 is 12.8 Å². The molecule has 2 aliphatic rings. The molecule has 1 saturated heterocycles. The van der Waals surface area contributed by atoms with Gasteiger partial charge in [-0.2, -0.15) is 0 Å². The molecule has 0 bridgehead atoms. The van der Waals surface area contributed by atoms with Gasteiger partial charge in [0.25, 0.3) is 0 Å². The van der Waals surface area contributed by atoms with E-state index in [1.54, 1.807) is 23.7 Å². The molecule has 2 aromatic heterocycles. The number of rotatable bonds is 3. The molecule has 26 heavy (non-hydrogen) atoms. The summed E-state index contributed by atoms with van der Waals surface area (Å²) in [5.74, 6) is 0.823. The molecule has 0 aliphatic carbocycles. The van der Waals surface area contributed by atoms with E-state index in [1.165, 1.54) is 9.75 Å². The van der Waals surface area contributed by atoms with E-state index in [0.717, 1.165) is 30.0 Å². The molecule has 0 radical (unpaired) electrons. The molecule has 0 N–H and O–H groups in total. The molecule has 4 heterocycles. The summed E-state index contributed by atoms with van der Waals surface area (Å²) >= 11 is 1.79. The minimum absolute atomic E-state index is 0.0472. The van der Waals surface area contributed by atoms with Gasteiger partial charge in [0.1, 0.15) is 5.76 Å². The topological polar surface area (TPSA) is 50.5 Å². The zero-order valence-electron chi connectivity index (χ0n) is 14.4. The summed E-state index contributed by atoms with van der Waals surface area (Å²) in [5, 5.41) is -0.328. The zero-order chi connectivity index (χ0) is 17.9. The third kappa shape index (κ3) is 2.47. The number of thiophene rings is 1. The summed E-state index contributed by atoms with van der Waals surface area (Å²) in [5.41, 5.74) is 1.89. The molecule has 0 amide bonds. The maximum Gasteiger partial charge on any atom is 0.183 e. The van der Waals surface area contributed by atoms with Gasteiger partial charge in [-0.15, -0.1) is 11.3 Å². The van der Waals surface area contributed by atoms with E-state index in [9.17, 15) is 8.42 Å². The van der Waals surface area contributed by atoms with E-state index in [1.807, 2.05) is 24.3 Å². The molecule has 3 aromatic rings. The Bertz CT molecular complexity index is 1070. The number of benzene rings is 1. The fourth-order valence-electron chi connectivity index (χ4n) is 4.24. The van der Waals surface area contributed by atoms with Gasteiger partial charge in [-0.3, -0.25) is 4.90 Å². The molecule has 2 unspecified atom stereocenters. The Morgan fingerprint density at radius 3 is 2.81 bits per heavy atom. The zero-order valence-corrected chi connectivity index (χ0v) is 16.0. The lowest BCUT2D eigenvalue weighted by Crippen LogP contribution is -2.25. The number of likely N-dealkylation sites (tertiary alicyclic amines) is 1. The minimum atomic E-state index is -3.26. The van der Waals surface area contributed by atoms with Crippen molar-refractivity contribution in [3.8, 4) is 11.3 Å². The monoisotopic (exact) mass is 385 g/mol. The SMILES string of the molecule is Cc1ccc(CN2CC3c4cc(-c5ccco5)ccc4S(=O)(=O)C3C2)s1. The van der Waals surface area contributed by atoms with Gasteiger partial charge in [0.15, 0.2) is 9.84 Å². The highest BCUT2D eigenvalue weighted by atomic mass is 32.2. The van der Waals surface area contributed by atoms with Crippen LogP contribution in [-0.2, 0) is 16.4 Å². The summed E-state index contributed by atoms with van der Waals surface area (Å²) in [6.45, 7) is 4.32.